The van der Waals surface area contributed by atoms with Gasteiger partial charge in [-0.05, 0) is 29.8 Å². The van der Waals surface area contributed by atoms with Crippen LogP contribution in [0.5, 0.6) is 0 Å². The van der Waals surface area contributed by atoms with Gasteiger partial charge in [-0.3, -0.25) is 9.59 Å². The average Bonchev–Trinajstić information content (AvgIpc) is 3.11. The zero-order valence-electron chi connectivity index (χ0n) is 15.6. The highest BCUT2D eigenvalue weighted by Gasteiger charge is 2.18. The van der Waals surface area contributed by atoms with Gasteiger partial charge < -0.3 is 10.6 Å². The molecule has 0 unspecified atom stereocenters. The number of carbonyl (C=O) groups is 2. The normalized spacial score (nSPS) is 10.7. The minimum Gasteiger partial charge on any atom is -0.347 e. The second kappa shape index (κ2) is 8.71. The number of nitrogens with zero attached hydrogens (tertiary/aromatic N) is 2. The van der Waals surface area contributed by atoms with E-state index in [0.717, 1.165) is 11.3 Å². The van der Waals surface area contributed by atoms with Crippen molar-refractivity contribution >= 4 is 29.2 Å². The molecule has 1 aromatic heterocycles. The molecule has 3 aromatic rings. The number of aromatic nitrogens is 2. The Bertz CT molecular complexity index is 966. The Hall–Kier alpha value is -3.12. The lowest BCUT2D eigenvalue weighted by Gasteiger charge is -2.10. The molecule has 0 aliphatic carbocycles. The molecule has 0 spiro atoms. The van der Waals surface area contributed by atoms with E-state index in [9.17, 15) is 9.59 Å². The Morgan fingerprint density at radius 2 is 1.75 bits per heavy atom. The highest BCUT2D eigenvalue weighted by molar-refractivity contribution is 6.30. The number of rotatable bonds is 6. The van der Waals surface area contributed by atoms with Crippen LogP contribution in [-0.2, 0) is 11.3 Å². The number of benzene rings is 2. The van der Waals surface area contributed by atoms with E-state index in [4.69, 9.17) is 11.6 Å². The third-order valence-corrected chi connectivity index (χ3v) is 4.34. The summed E-state index contributed by atoms with van der Waals surface area (Å²) < 4.78 is 1.55. The topological polar surface area (TPSA) is 76.0 Å². The predicted molar refractivity (Wildman–Crippen MR) is 110 cm³/mol. The van der Waals surface area contributed by atoms with E-state index >= 15 is 0 Å². The molecule has 1 heterocycles. The first-order valence-corrected chi connectivity index (χ1v) is 9.31. The third-order valence-electron chi connectivity index (χ3n) is 4.08. The van der Waals surface area contributed by atoms with Gasteiger partial charge in [0.15, 0.2) is 5.69 Å². The van der Waals surface area contributed by atoms with Crippen molar-refractivity contribution in [1.82, 2.24) is 15.1 Å². The van der Waals surface area contributed by atoms with Crippen LogP contribution in [0.3, 0.4) is 0 Å². The van der Waals surface area contributed by atoms with Crippen LogP contribution in [0, 0.1) is 5.92 Å². The molecule has 0 saturated carbocycles. The van der Waals surface area contributed by atoms with Crippen LogP contribution in [-0.4, -0.2) is 21.6 Å². The van der Waals surface area contributed by atoms with Gasteiger partial charge in [0.1, 0.15) is 5.82 Å². The maximum absolute atomic E-state index is 12.6. The highest BCUT2D eigenvalue weighted by Crippen LogP contribution is 2.18. The van der Waals surface area contributed by atoms with Crippen molar-refractivity contribution in [1.29, 1.82) is 0 Å². The summed E-state index contributed by atoms with van der Waals surface area (Å²) in [5, 5.41) is 10.7. The number of nitrogens with one attached hydrogen (secondary N) is 2. The lowest BCUT2D eigenvalue weighted by molar-refractivity contribution is -0.118. The van der Waals surface area contributed by atoms with Gasteiger partial charge in [0.2, 0.25) is 5.91 Å². The number of anilines is 1. The Morgan fingerprint density at radius 1 is 1.07 bits per heavy atom. The van der Waals surface area contributed by atoms with E-state index in [2.05, 4.69) is 15.7 Å². The number of carbonyl (C=O) groups excluding carboxylic acids is 2. The number of halogens is 1. The minimum atomic E-state index is -0.329. The summed E-state index contributed by atoms with van der Waals surface area (Å²) >= 11 is 5.88. The zero-order chi connectivity index (χ0) is 20.1. The maximum atomic E-state index is 12.6. The van der Waals surface area contributed by atoms with Gasteiger partial charge >= 0.3 is 0 Å². The molecule has 0 radical (unpaired) electrons. The highest BCUT2D eigenvalue weighted by atomic mass is 35.5. The van der Waals surface area contributed by atoms with Crippen LogP contribution in [0.4, 0.5) is 5.82 Å². The number of amides is 2. The second-order valence-corrected chi connectivity index (χ2v) is 7.05. The second-order valence-electron chi connectivity index (χ2n) is 6.62. The first-order valence-electron chi connectivity index (χ1n) is 8.93. The number of hydrogen-bond donors (Lipinski definition) is 2. The SMILES string of the molecule is CC(C)C(=O)Nc1cc(C(=O)NCc2ccc(Cl)cc2)nn1-c1ccccc1. The third kappa shape index (κ3) is 4.78. The summed E-state index contributed by atoms with van der Waals surface area (Å²) in [5.41, 5.74) is 1.89. The Balaban J connectivity index is 1.82. The van der Waals surface area contributed by atoms with Crippen molar-refractivity contribution in [3.63, 3.8) is 0 Å². The van der Waals surface area contributed by atoms with Crippen molar-refractivity contribution < 1.29 is 9.59 Å². The van der Waals surface area contributed by atoms with E-state index in [1.54, 1.807) is 36.7 Å². The smallest absolute Gasteiger partial charge is 0.272 e. The fourth-order valence-corrected chi connectivity index (χ4v) is 2.62. The lowest BCUT2D eigenvalue weighted by Crippen LogP contribution is -2.23. The summed E-state index contributed by atoms with van der Waals surface area (Å²) in [6.07, 6.45) is 0. The van der Waals surface area contributed by atoms with Gasteiger partial charge in [-0.25, -0.2) is 4.68 Å². The van der Waals surface area contributed by atoms with E-state index in [1.165, 1.54) is 0 Å². The van der Waals surface area contributed by atoms with Crippen LogP contribution < -0.4 is 10.6 Å². The fraction of sp³-hybridized carbons (Fsp3) is 0.190. The van der Waals surface area contributed by atoms with Gasteiger partial charge in [-0.2, -0.15) is 5.10 Å². The van der Waals surface area contributed by atoms with E-state index in [1.807, 2.05) is 42.5 Å². The van der Waals surface area contributed by atoms with Crippen LogP contribution in [0.15, 0.2) is 60.7 Å². The first kappa shape index (κ1) is 19.6. The van der Waals surface area contributed by atoms with Gasteiger partial charge in [-0.1, -0.05) is 55.8 Å². The molecule has 3 rings (SSSR count). The van der Waals surface area contributed by atoms with Crippen molar-refractivity contribution in [3.8, 4) is 5.69 Å². The molecule has 0 aliphatic rings. The monoisotopic (exact) mass is 396 g/mol. The summed E-state index contributed by atoms with van der Waals surface area (Å²) in [5.74, 6) is -0.224. The average molecular weight is 397 g/mol. The summed E-state index contributed by atoms with van der Waals surface area (Å²) in [6, 6.07) is 18.1. The van der Waals surface area contributed by atoms with E-state index < -0.39 is 0 Å². The lowest BCUT2D eigenvalue weighted by atomic mass is 10.2. The van der Waals surface area contributed by atoms with Crippen molar-refractivity contribution in [2.75, 3.05) is 5.32 Å². The Labute approximate surface area is 168 Å². The van der Waals surface area contributed by atoms with Crippen LogP contribution in [0.2, 0.25) is 5.02 Å². The standard InChI is InChI=1S/C21H21ClN4O2/c1-14(2)20(27)24-19-12-18(25-26(19)17-6-4-3-5-7-17)21(28)23-13-15-8-10-16(22)11-9-15/h3-12,14H,13H2,1-2H3,(H,23,28)(H,24,27). The molecule has 2 amide bonds. The molecule has 0 fully saturated rings. The Morgan fingerprint density at radius 3 is 2.39 bits per heavy atom. The van der Waals surface area contributed by atoms with Crippen molar-refractivity contribution in [3.05, 3.63) is 76.9 Å². The molecule has 144 valence electrons. The number of para-hydroxylation sites is 1. The molecular formula is C21H21ClN4O2. The van der Waals surface area contributed by atoms with E-state index in [-0.39, 0.29) is 23.4 Å². The summed E-state index contributed by atoms with van der Waals surface area (Å²) in [6.45, 7) is 3.96. The first-order chi connectivity index (χ1) is 13.4. The molecule has 2 N–H and O–H groups in total. The number of hydrogen-bond acceptors (Lipinski definition) is 3. The summed E-state index contributed by atoms with van der Waals surface area (Å²) in [4.78, 5) is 24.7. The molecule has 0 saturated heterocycles. The predicted octanol–water partition coefficient (Wildman–Crippen LogP) is 4.05. The van der Waals surface area contributed by atoms with E-state index in [0.29, 0.717) is 17.4 Å². The molecule has 0 bridgehead atoms. The molecule has 0 atom stereocenters. The van der Waals surface area contributed by atoms with Gasteiger partial charge in [0.05, 0.1) is 5.69 Å². The molecule has 0 aliphatic heterocycles. The molecular weight excluding hydrogens is 376 g/mol. The molecule has 28 heavy (non-hydrogen) atoms. The van der Waals surface area contributed by atoms with Crippen LogP contribution in [0.25, 0.3) is 5.69 Å². The zero-order valence-corrected chi connectivity index (χ0v) is 16.4. The van der Waals surface area contributed by atoms with Crippen molar-refractivity contribution in [2.45, 2.75) is 20.4 Å². The van der Waals surface area contributed by atoms with Crippen molar-refractivity contribution in [2.24, 2.45) is 5.92 Å². The molecule has 2 aromatic carbocycles. The van der Waals surface area contributed by atoms with Gasteiger partial charge in [0, 0.05) is 23.6 Å². The van der Waals surface area contributed by atoms with Gasteiger partial charge in [0.25, 0.3) is 5.91 Å². The quantitative estimate of drug-likeness (QED) is 0.660. The minimum absolute atomic E-state index is 0.148. The van der Waals surface area contributed by atoms with Gasteiger partial charge in [-0.15, -0.1) is 0 Å². The van der Waals surface area contributed by atoms with Crippen LogP contribution in [0.1, 0.15) is 29.9 Å². The molecule has 6 nitrogen and oxygen atoms in total. The van der Waals surface area contributed by atoms with Crippen LogP contribution >= 0.6 is 11.6 Å². The Kier molecular flexibility index (Phi) is 6.11. The summed E-state index contributed by atoms with van der Waals surface area (Å²) in [7, 11) is 0. The molecule has 7 heteroatoms. The largest absolute Gasteiger partial charge is 0.347 e. The maximum Gasteiger partial charge on any atom is 0.272 e. The fourth-order valence-electron chi connectivity index (χ4n) is 2.49.